The van der Waals surface area contributed by atoms with Crippen LogP contribution >= 0.6 is 11.8 Å². The van der Waals surface area contributed by atoms with Crippen molar-refractivity contribution in [2.24, 2.45) is 5.92 Å². The Morgan fingerprint density at radius 3 is 3.16 bits per heavy atom. The molecule has 1 N–H and O–H groups in total. The van der Waals surface area contributed by atoms with Crippen LogP contribution in [0.3, 0.4) is 0 Å². The molecule has 19 heavy (non-hydrogen) atoms. The van der Waals surface area contributed by atoms with Gasteiger partial charge in [-0.3, -0.25) is 14.2 Å². The van der Waals surface area contributed by atoms with Crippen LogP contribution in [0.1, 0.15) is 25.3 Å². The molecule has 0 spiro atoms. The molecule has 1 aromatic rings. The van der Waals surface area contributed by atoms with Crippen molar-refractivity contribution in [3.63, 3.8) is 0 Å². The predicted octanol–water partition coefficient (Wildman–Crippen LogP) is 1.19. The quantitative estimate of drug-likeness (QED) is 0.665. The third-order valence-electron chi connectivity index (χ3n) is 3.20. The van der Waals surface area contributed by atoms with Crippen LogP contribution in [-0.4, -0.2) is 27.8 Å². The number of aromatic nitrogens is 2. The van der Waals surface area contributed by atoms with Gasteiger partial charge in [0.1, 0.15) is 0 Å². The smallest absolute Gasteiger partial charge is 0.257 e. The summed E-state index contributed by atoms with van der Waals surface area (Å²) in [6.07, 6.45) is 3.65. The van der Waals surface area contributed by atoms with E-state index in [1.165, 1.54) is 11.8 Å². The maximum Gasteiger partial charge on any atom is 0.257 e. The van der Waals surface area contributed by atoms with Crippen molar-refractivity contribution in [1.82, 2.24) is 14.9 Å². The van der Waals surface area contributed by atoms with Crippen molar-refractivity contribution in [1.29, 1.82) is 0 Å². The van der Waals surface area contributed by atoms with Crippen molar-refractivity contribution >= 4 is 17.7 Å². The van der Waals surface area contributed by atoms with E-state index in [9.17, 15) is 9.59 Å². The van der Waals surface area contributed by atoms with Crippen LogP contribution in [0.4, 0.5) is 0 Å². The van der Waals surface area contributed by atoms with Gasteiger partial charge in [0.25, 0.3) is 5.56 Å². The number of hydrogen-bond donors (Lipinski definition) is 1. The molecular weight excluding hydrogens is 262 g/mol. The second-order valence-corrected chi connectivity index (χ2v) is 5.78. The fraction of sp³-hybridized carbons (Fsp3) is 0.615. The van der Waals surface area contributed by atoms with Crippen molar-refractivity contribution in [3.05, 3.63) is 22.1 Å². The summed E-state index contributed by atoms with van der Waals surface area (Å²) in [5.41, 5.74) is 0.583. The fourth-order valence-corrected chi connectivity index (χ4v) is 3.04. The third-order valence-corrected chi connectivity index (χ3v) is 4.35. The lowest BCUT2D eigenvalue weighted by Crippen LogP contribution is -2.40. The zero-order valence-electron chi connectivity index (χ0n) is 11.3. The Hall–Kier alpha value is -1.30. The summed E-state index contributed by atoms with van der Waals surface area (Å²) >= 11 is 1.48. The summed E-state index contributed by atoms with van der Waals surface area (Å²) in [6, 6.07) is 0. The van der Waals surface area contributed by atoms with Crippen molar-refractivity contribution < 1.29 is 4.79 Å². The van der Waals surface area contributed by atoms with Gasteiger partial charge in [-0.1, -0.05) is 25.1 Å². The zero-order chi connectivity index (χ0) is 13.8. The van der Waals surface area contributed by atoms with Crippen LogP contribution in [0.15, 0.2) is 16.1 Å². The SMILES string of the molecule is CCCCNC(=O)C1CSc2ncc(C)c(=O)n2C1. The number of amides is 1. The molecule has 1 amide bonds. The first-order valence-electron chi connectivity index (χ1n) is 6.60. The van der Waals surface area contributed by atoms with Crippen LogP contribution in [0.5, 0.6) is 0 Å². The molecule has 0 aliphatic carbocycles. The highest BCUT2D eigenvalue weighted by Crippen LogP contribution is 2.24. The standard InChI is InChI=1S/C13H19N3O2S/c1-3-4-5-14-11(17)10-7-16-12(18)9(2)6-15-13(16)19-8-10/h6,10H,3-5,7-8H2,1-2H3,(H,14,17). The number of nitrogens with zero attached hydrogens (tertiary/aromatic N) is 2. The lowest BCUT2D eigenvalue weighted by atomic mass is 10.1. The number of thioether (sulfide) groups is 1. The van der Waals surface area contributed by atoms with Gasteiger partial charge in [-0.15, -0.1) is 0 Å². The average molecular weight is 281 g/mol. The molecule has 0 radical (unpaired) electrons. The Labute approximate surface area is 116 Å². The molecular formula is C13H19N3O2S. The first-order valence-corrected chi connectivity index (χ1v) is 7.59. The van der Waals surface area contributed by atoms with Gasteiger partial charge in [-0.2, -0.15) is 0 Å². The molecule has 6 heteroatoms. The third kappa shape index (κ3) is 3.18. The van der Waals surface area contributed by atoms with E-state index >= 15 is 0 Å². The lowest BCUT2D eigenvalue weighted by molar-refractivity contribution is -0.124. The Balaban J connectivity index is 2.07. The van der Waals surface area contributed by atoms with E-state index in [0.717, 1.165) is 12.8 Å². The van der Waals surface area contributed by atoms with E-state index in [4.69, 9.17) is 0 Å². The maximum atomic E-state index is 12.0. The van der Waals surface area contributed by atoms with Gasteiger partial charge in [0.15, 0.2) is 5.16 Å². The summed E-state index contributed by atoms with van der Waals surface area (Å²) in [6.45, 7) is 4.99. The number of aryl methyl sites for hydroxylation is 1. The molecule has 0 saturated heterocycles. The Kier molecular flexibility index (Phi) is 4.63. The normalized spacial score (nSPS) is 17.9. The van der Waals surface area contributed by atoms with E-state index in [2.05, 4.69) is 17.2 Å². The minimum atomic E-state index is -0.143. The molecule has 1 atom stereocenters. The number of hydrogen-bond acceptors (Lipinski definition) is 4. The highest BCUT2D eigenvalue weighted by Gasteiger charge is 2.26. The topological polar surface area (TPSA) is 64.0 Å². The largest absolute Gasteiger partial charge is 0.356 e. The molecule has 0 saturated carbocycles. The molecule has 1 unspecified atom stereocenters. The summed E-state index contributed by atoms with van der Waals surface area (Å²) in [4.78, 5) is 28.3. The number of fused-ring (bicyclic) bond motifs is 1. The number of unbranched alkanes of at least 4 members (excludes halogenated alkanes) is 1. The molecule has 5 nitrogen and oxygen atoms in total. The van der Waals surface area contributed by atoms with Gasteiger partial charge in [0.05, 0.1) is 5.92 Å². The highest BCUT2D eigenvalue weighted by atomic mass is 32.2. The van der Waals surface area contributed by atoms with Crippen LogP contribution in [0, 0.1) is 12.8 Å². The molecule has 2 rings (SSSR count). The summed E-state index contributed by atoms with van der Waals surface area (Å²) in [5.74, 6) is 0.587. The predicted molar refractivity (Wildman–Crippen MR) is 75.4 cm³/mol. The van der Waals surface area contributed by atoms with Crippen molar-refractivity contribution in [3.8, 4) is 0 Å². The van der Waals surface area contributed by atoms with Crippen LogP contribution in [0.2, 0.25) is 0 Å². The van der Waals surface area contributed by atoms with E-state index in [-0.39, 0.29) is 17.4 Å². The minimum Gasteiger partial charge on any atom is -0.356 e. The summed E-state index contributed by atoms with van der Waals surface area (Å²) in [7, 11) is 0. The van der Waals surface area contributed by atoms with E-state index in [1.807, 2.05) is 0 Å². The Morgan fingerprint density at radius 1 is 1.63 bits per heavy atom. The van der Waals surface area contributed by atoms with Crippen LogP contribution in [-0.2, 0) is 11.3 Å². The second kappa shape index (κ2) is 6.23. The molecule has 1 aliphatic rings. The van der Waals surface area contributed by atoms with Crippen LogP contribution < -0.4 is 10.9 Å². The maximum absolute atomic E-state index is 12.0. The van der Waals surface area contributed by atoms with Gasteiger partial charge in [0.2, 0.25) is 5.91 Å². The van der Waals surface area contributed by atoms with Crippen molar-refractivity contribution in [2.75, 3.05) is 12.3 Å². The monoisotopic (exact) mass is 281 g/mol. The van der Waals surface area contributed by atoms with Gasteiger partial charge in [0, 0.05) is 30.6 Å². The molecule has 1 aliphatic heterocycles. The first kappa shape index (κ1) is 14.1. The summed E-state index contributed by atoms with van der Waals surface area (Å²) in [5, 5.41) is 3.65. The second-order valence-electron chi connectivity index (χ2n) is 4.79. The average Bonchev–Trinajstić information content (AvgIpc) is 2.43. The molecule has 0 bridgehead atoms. The number of rotatable bonds is 4. The molecule has 2 heterocycles. The summed E-state index contributed by atoms with van der Waals surface area (Å²) < 4.78 is 1.62. The van der Waals surface area contributed by atoms with Gasteiger partial charge in [-0.05, 0) is 13.3 Å². The number of nitrogens with one attached hydrogen (secondary N) is 1. The molecule has 104 valence electrons. The number of carbonyl (C=O) groups excluding carboxylic acids is 1. The zero-order valence-corrected chi connectivity index (χ0v) is 12.1. The molecule has 0 aromatic carbocycles. The first-order chi connectivity index (χ1) is 9.13. The van der Waals surface area contributed by atoms with Crippen molar-refractivity contribution in [2.45, 2.75) is 38.4 Å². The highest BCUT2D eigenvalue weighted by molar-refractivity contribution is 7.99. The van der Waals surface area contributed by atoms with Gasteiger partial charge in [-0.25, -0.2) is 4.98 Å². The van der Waals surface area contributed by atoms with Gasteiger partial charge < -0.3 is 5.32 Å². The van der Waals surface area contributed by atoms with E-state index in [1.54, 1.807) is 17.7 Å². The number of carbonyl (C=O) groups is 1. The van der Waals surface area contributed by atoms with E-state index < -0.39 is 0 Å². The Morgan fingerprint density at radius 2 is 2.42 bits per heavy atom. The van der Waals surface area contributed by atoms with Gasteiger partial charge >= 0.3 is 0 Å². The van der Waals surface area contributed by atoms with Crippen LogP contribution in [0.25, 0.3) is 0 Å². The Bertz CT molecular complexity index is 527. The molecule has 1 aromatic heterocycles. The molecule has 0 fully saturated rings. The fourth-order valence-electron chi connectivity index (χ4n) is 1.99. The minimum absolute atomic E-state index is 0.0384. The lowest BCUT2D eigenvalue weighted by Gasteiger charge is -2.24. The van der Waals surface area contributed by atoms with E-state index in [0.29, 0.717) is 29.6 Å².